The largest absolute Gasteiger partial charge is 0.0730 e. The van der Waals surface area contributed by atoms with E-state index in [4.69, 9.17) is 0 Å². The SMILES string of the molecule is CCCC[C@H]1CC[C@H](C=CC#CC=C[C@H]2CC[C@H](CCCC)CC2)CC1. The smallest absolute Gasteiger partial charge is 0.0153 e. The van der Waals surface area contributed by atoms with Crippen molar-refractivity contribution in [2.75, 3.05) is 0 Å². The molecule has 0 N–H and O–H groups in total. The second kappa shape index (κ2) is 13.2. The molecular formula is C26H42. The van der Waals surface area contributed by atoms with E-state index < -0.39 is 0 Å². The summed E-state index contributed by atoms with van der Waals surface area (Å²) in [4.78, 5) is 0. The van der Waals surface area contributed by atoms with Gasteiger partial charge in [0.1, 0.15) is 0 Å². The fourth-order valence-corrected chi connectivity index (χ4v) is 4.79. The zero-order valence-corrected chi connectivity index (χ0v) is 17.5. The third kappa shape index (κ3) is 8.62. The van der Waals surface area contributed by atoms with Crippen LogP contribution in [0.4, 0.5) is 0 Å². The van der Waals surface area contributed by atoms with Crippen molar-refractivity contribution in [1.82, 2.24) is 0 Å². The van der Waals surface area contributed by atoms with Crippen LogP contribution in [0.15, 0.2) is 24.3 Å². The Morgan fingerprint density at radius 3 is 1.35 bits per heavy atom. The molecule has 2 saturated carbocycles. The van der Waals surface area contributed by atoms with Gasteiger partial charge in [0.15, 0.2) is 0 Å². The van der Waals surface area contributed by atoms with Crippen molar-refractivity contribution in [2.45, 2.75) is 104 Å². The second-order valence-electron chi connectivity index (χ2n) is 8.85. The first-order valence-electron chi connectivity index (χ1n) is 11.7. The highest BCUT2D eigenvalue weighted by Gasteiger charge is 2.19. The molecule has 26 heavy (non-hydrogen) atoms. The molecular weight excluding hydrogens is 312 g/mol. The molecule has 0 aromatic carbocycles. The third-order valence-electron chi connectivity index (χ3n) is 6.70. The quantitative estimate of drug-likeness (QED) is 0.386. The first-order chi connectivity index (χ1) is 12.8. The maximum Gasteiger partial charge on any atom is -0.0153 e. The van der Waals surface area contributed by atoms with Gasteiger partial charge in [-0.1, -0.05) is 76.4 Å². The summed E-state index contributed by atoms with van der Waals surface area (Å²) in [5.74, 6) is 10.0. The van der Waals surface area contributed by atoms with Gasteiger partial charge in [0.2, 0.25) is 0 Å². The zero-order valence-electron chi connectivity index (χ0n) is 17.5. The molecule has 0 radical (unpaired) electrons. The molecule has 0 spiro atoms. The van der Waals surface area contributed by atoms with Gasteiger partial charge in [0.05, 0.1) is 0 Å². The molecule has 0 aliphatic heterocycles. The topological polar surface area (TPSA) is 0 Å². The van der Waals surface area contributed by atoms with Gasteiger partial charge in [0.25, 0.3) is 0 Å². The highest BCUT2D eigenvalue weighted by atomic mass is 14.2. The highest BCUT2D eigenvalue weighted by Crippen LogP contribution is 2.33. The van der Waals surface area contributed by atoms with Crippen molar-refractivity contribution in [2.24, 2.45) is 23.7 Å². The summed E-state index contributed by atoms with van der Waals surface area (Å²) >= 11 is 0. The number of unbranched alkanes of at least 4 members (excludes halogenated alkanes) is 2. The molecule has 0 amide bonds. The molecule has 0 aromatic rings. The van der Waals surface area contributed by atoms with Crippen LogP contribution in [0.2, 0.25) is 0 Å². The molecule has 2 rings (SSSR count). The minimum absolute atomic E-state index is 0.782. The summed E-state index contributed by atoms with van der Waals surface area (Å²) in [5, 5.41) is 0. The van der Waals surface area contributed by atoms with Gasteiger partial charge < -0.3 is 0 Å². The summed E-state index contributed by atoms with van der Waals surface area (Å²) in [6.45, 7) is 4.61. The Labute approximate surface area is 163 Å². The van der Waals surface area contributed by atoms with E-state index in [0.29, 0.717) is 0 Å². The van der Waals surface area contributed by atoms with Crippen LogP contribution in [0.1, 0.15) is 104 Å². The zero-order chi connectivity index (χ0) is 18.5. The van der Waals surface area contributed by atoms with Crippen molar-refractivity contribution < 1.29 is 0 Å². The molecule has 0 saturated heterocycles. The van der Waals surface area contributed by atoms with Crippen molar-refractivity contribution >= 4 is 0 Å². The molecule has 146 valence electrons. The van der Waals surface area contributed by atoms with Crippen LogP contribution in [0.3, 0.4) is 0 Å². The Morgan fingerprint density at radius 2 is 1.00 bits per heavy atom. The fourth-order valence-electron chi connectivity index (χ4n) is 4.79. The number of hydrogen-bond donors (Lipinski definition) is 0. The average Bonchev–Trinajstić information content (AvgIpc) is 2.69. The van der Waals surface area contributed by atoms with Crippen LogP contribution < -0.4 is 0 Å². The maximum absolute atomic E-state index is 3.24. The van der Waals surface area contributed by atoms with Crippen LogP contribution in [-0.4, -0.2) is 0 Å². The number of allylic oxidation sites excluding steroid dienone is 4. The van der Waals surface area contributed by atoms with Crippen molar-refractivity contribution in [3.63, 3.8) is 0 Å². The van der Waals surface area contributed by atoms with E-state index in [0.717, 1.165) is 23.7 Å². The summed E-state index contributed by atoms with van der Waals surface area (Å²) < 4.78 is 0. The number of rotatable bonds is 8. The average molecular weight is 355 g/mol. The summed E-state index contributed by atoms with van der Waals surface area (Å²) in [6, 6.07) is 0. The highest BCUT2D eigenvalue weighted by molar-refractivity contribution is 5.24. The van der Waals surface area contributed by atoms with Gasteiger partial charge in [-0.3, -0.25) is 0 Å². The van der Waals surface area contributed by atoms with Gasteiger partial charge in [-0.25, -0.2) is 0 Å². The van der Waals surface area contributed by atoms with Gasteiger partial charge in [-0.05, 0) is 87.2 Å². The fraction of sp³-hybridized carbons (Fsp3) is 0.769. The molecule has 0 heteroatoms. The Morgan fingerprint density at radius 1 is 0.615 bits per heavy atom. The standard InChI is InChI=1S/C26H42/c1-3-5-11-23-15-19-25(20-16-23)13-9-7-8-10-14-26-21-17-24(18-22-26)12-6-4-2/h9-10,13-14,23-26H,3-6,11-12,15-22H2,1-2H3/t23-,24-,25-,26-. The lowest BCUT2D eigenvalue weighted by atomic mass is 9.79. The lowest BCUT2D eigenvalue weighted by Gasteiger charge is -2.26. The van der Waals surface area contributed by atoms with E-state index in [2.05, 4.69) is 50.0 Å². The van der Waals surface area contributed by atoms with E-state index in [1.54, 1.807) is 0 Å². The van der Waals surface area contributed by atoms with Crippen molar-refractivity contribution in [3.05, 3.63) is 24.3 Å². The summed E-state index contributed by atoms with van der Waals surface area (Å²) in [7, 11) is 0. The predicted octanol–water partition coefficient (Wildman–Crippen LogP) is 8.10. The van der Waals surface area contributed by atoms with E-state index in [1.807, 2.05) is 0 Å². The lowest BCUT2D eigenvalue weighted by molar-refractivity contribution is 0.290. The molecule has 0 unspecified atom stereocenters. The van der Waals surface area contributed by atoms with Crippen LogP contribution in [-0.2, 0) is 0 Å². The molecule has 0 aromatic heterocycles. The van der Waals surface area contributed by atoms with Crippen LogP contribution in [0.5, 0.6) is 0 Å². The molecule has 0 heterocycles. The molecule has 0 atom stereocenters. The maximum atomic E-state index is 3.24. The molecule has 2 aliphatic rings. The monoisotopic (exact) mass is 354 g/mol. The Balaban J connectivity index is 1.59. The Bertz CT molecular complexity index is 414. The lowest BCUT2D eigenvalue weighted by Crippen LogP contribution is -2.12. The van der Waals surface area contributed by atoms with Gasteiger partial charge in [-0.15, -0.1) is 0 Å². The number of hydrogen-bond acceptors (Lipinski definition) is 0. The van der Waals surface area contributed by atoms with E-state index in [-0.39, 0.29) is 0 Å². The molecule has 2 aliphatic carbocycles. The van der Waals surface area contributed by atoms with Gasteiger partial charge in [0, 0.05) is 0 Å². The molecule has 0 bridgehead atoms. The Kier molecular flexibility index (Phi) is 10.9. The molecule has 2 fully saturated rings. The second-order valence-corrected chi connectivity index (χ2v) is 8.85. The van der Waals surface area contributed by atoms with E-state index in [1.165, 1.54) is 89.9 Å². The van der Waals surface area contributed by atoms with Gasteiger partial charge in [-0.2, -0.15) is 0 Å². The predicted molar refractivity (Wildman–Crippen MR) is 116 cm³/mol. The van der Waals surface area contributed by atoms with Crippen molar-refractivity contribution in [3.8, 4) is 11.8 Å². The third-order valence-corrected chi connectivity index (χ3v) is 6.70. The summed E-state index contributed by atoms with van der Waals surface area (Å²) in [6.07, 6.45) is 28.7. The minimum atomic E-state index is 0.782. The normalized spacial score (nSPS) is 29.8. The van der Waals surface area contributed by atoms with E-state index in [9.17, 15) is 0 Å². The van der Waals surface area contributed by atoms with E-state index >= 15 is 0 Å². The van der Waals surface area contributed by atoms with Crippen molar-refractivity contribution in [1.29, 1.82) is 0 Å². The van der Waals surface area contributed by atoms with Crippen LogP contribution >= 0.6 is 0 Å². The first kappa shape index (κ1) is 21.3. The minimum Gasteiger partial charge on any atom is -0.0730 e. The summed E-state index contributed by atoms with van der Waals surface area (Å²) in [5.41, 5.74) is 0. The van der Waals surface area contributed by atoms with Gasteiger partial charge >= 0.3 is 0 Å². The first-order valence-corrected chi connectivity index (χ1v) is 11.7. The van der Waals surface area contributed by atoms with Crippen LogP contribution in [0, 0.1) is 35.5 Å². The Hall–Kier alpha value is -0.960. The molecule has 0 nitrogen and oxygen atoms in total. The van der Waals surface area contributed by atoms with Crippen LogP contribution in [0.25, 0.3) is 0 Å².